The molecule has 124 valence electrons. The van der Waals surface area contributed by atoms with Crippen molar-refractivity contribution in [2.45, 2.75) is 20.3 Å². The number of aryl methyl sites for hydroxylation is 2. The number of hydrogen-bond acceptors (Lipinski definition) is 5. The topological polar surface area (TPSA) is 77.2 Å². The number of benzene rings is 1. The van der Waals surface area contributed by atoms with E-state index in [1.807, 2.05) is 37.3 Å². The number of carbonyl (C=O) groups is 1. The number of nitrogens with one attached hydrogen (secondary N) is 1. The van der Waals surface area contributed by atoms with Gasteiger partial charge in [-0.25, -0.2) is 4.98 Å². The lowest BCUT2D eigenvalue weighted by atomic mass is 10.2. The SMILES string of the molecule is CCc1nc(C)c(C(=O)NCCOc2cccc3cccnc23)o1. The number of nitrogens with zero attached hydrogens (tertiary/aromatic N) is 2. The van der Waals surface area contributed by atoms with Crippen molar-refractivity contribution in [3.8, 4) is 5.75 Å². The Balaban J connectivity index is 1.56. The normalized spacial score (nSPS) is 10.8. The van der Waals surface area contributed by atoms with Crippen molar-refractivity contribution in [2.24, 2.45) is 0 Å². The summed E-state index contributed by atoms with van der Waals surface area (Å²) < 4.78 is 11.2. The number of fused-ring (bicyclic) bond motifs is 1. The van der Waals surface area contributed by atoms with Gasteiger partial charge in [-0.1, -0.05) is 25.1 Å². The van der Waals surface area contributed by atoms with E-state index in [0.717, 1.165) is 10.9 Å². The highest BCUT2D eigenvalue weighted by Crippen LogP contribution is 2.22. The molecule has 1 N–H and O–H groups in total. The van der Waals surface area contributed by atoms with Gasteiger partial charge in [0.1, 0.15) is 17.9 Å². The van der Waals surface area contributed by atoms with Gasteiger partial charge in [0.05, 0.1) is 12.2 Å². The maximum Gasteiger partial charge on any atom is 0.289 e. The molecule has 0 saturated heterocycles. The van der Waals surface area contributed by atoms with Crippen molar-refractivity contribution in [3.63, 3.8) is 0 Å². The first-order chi connectivity index (χ1) is 11.7. The molecule has 0 radical (unpaired) electrons. The third kappa shape index (κ3) is 3.37. The third-order valence-corrected chi connectivity index (χ3v) is 3.59. The molecule has 0 atom stereocenters. The Morgan fingerprint density at radius 3 is 2.92 bits per heavy atom. The molecule has 0 unspecified atom stereocenters. The summed E-state index contributed by atoms with van der Waals surface area (Å²) in [5.41, 5.74) is 1.41. The van der Waals surface area contributed by atoms with Crippen LogP contribution >= 0.6 is 0 Å². The van der Waals surface area contributed by atoms with Crippen LogP contribution in [0.3, 0.4) is 0 Å². The van der Waals surface area contributed by atoms with Gasteiger partial charge in [-0.2, -0.15) is 0 Å². The molecule has 1 aromatic carbocycles. The average Bonchev–Trinajstić information content (AvgIpc) is 2.99. The van der Waals surface area contributed by atoms with Crippen molar-refractivity contribution in [3.05, 3.63) is 53.9 Å². The Bertz CT molecular complexity index is 852. The quantitative estimate of drug-likeness (QED) is 0.705. The van der Waals surface area contributed by atoms with Gasteiger partial charge in [0.25, 0.3) is 5.91 Å². The summed E-state index contributed by atoms with van der Waals surface area (Å²) in [6.45, 7) is 4.40. The van der Waals surface area contributed by atoms with Crippen molar-refractivity contribution < 1.29 is 13.9 Å². The smallest absolute Gasteiger partial charge is 0.289 e. The Kier molecular flexibility index (Phi) is 4.74. The van der Waals surface area contributed by atoms with E-state index in [4.69, 9.17) is 9.15 Å². The summed E-state index contributed by atoms with van der Waals surface area (Å²) in [6.07, 6.45) is 2.39. The standard InChI is InChI=1S/C18H19N3O3/c1-3-15-21-12(2)17(24-15)18(22)20-10-11-23-14-8-4-6-13-7-5-9-19-16(13)14/h4-9H,3,10-11H2,1-2H3,(H,20,22). The van der Waals surface area contributed by atoms with E-state index in [9.17, 15) is 4.79 Å². The summed E-state index contributed by atoms with van der Waals surface area (Å²) in [5.74, 6) is 1.25. The van der Waals surface area contributed by atoms with E-state index in [1.165, 1.54) is 0 Å². The molecule has 6 nitrogen and oxygen atoms in total. The van der Waals surface area contributed by atoms with E-state index in [1.54, 1.807) is 13.1 Å². The maximum absolute atomic E-state index is 12.1. The predicted molar refractivity (Wildman–Crippen MR) is 90.2 cm³/mol. The lowest BCUT2D eigenvalue weighted by Crippen LogP contribution is -2.28. The second-order valence-corrected chi connectivity index (χ2v) is 5.31. The zero-order valence-corrected chi connectivity index (χ0v) is 13.7. The van der Waals surface area contributed by atoms with Gasteiger partial charge >= 0.3 is 0 Å². The van der Waals surface area contributed by atoms with E-state index >= 15 is 0 Å². The summed E-state index contributed by atoms with van der Waals surface area (Å²) in [5, 5.41) is 3.79. The number of amides is 1. The minimum Gasteiger partial charge on any atom is -0.489 e. The largest absolute Gasteiger partial charge is 0.489 e. The highest BCUT2D eigenvalue weighted by atomic mass is 16.5. The summed E-state index contributed by atoms with van der Waals surface area (Å²) >= 11 is 0. The van der Waals surface area contributed by atoms with E-state index in [0.29, 0.717) is 36.9 Å². The second-order valence-electron chi connectivity index (χ2n) is 5.31. The third-order valence-electron chi connectivity index (χ3n) is 3.59. The Hall–Kier alpha value is -2.89. The molecule has 0 aliphatic heterocycles. The van der Waals surface area contributed by atoms with Gasteiger partial charge in [0, 0.05) is 18.0 Å². The van der Waals surface area contributed by atoms with Gasteiger partial charge in [0.2, 0.25) is 5.76 Å². The lowest BCUT2D eigenvalue weighted by Gasteiger charge is -2.09. The monoisotopic (exact) mass is 325 g/mol. The summed E-state index contributed by atoms with van der Waals surface area (Å²) in [4.78, 5) is 20.6. The van der Waals surface area contributed by atoms with Crippen molar-refractivity contribution in [1.29, 1.82) is 0 Å². The summed E-state index contributed by atoms with van der Waals surface area (Å²) in [7, 11) is 0. The minimum atomic E-state index is -0.278. The number of para-hydroxylation sites is 1. The zero-order chi connectivity index (χ0) is 16.9. The highest BCUT2D eigenvalue weighted by Gasteiger charge is 2.16. The number of pyridine rings is 1. The first kappa shape index (κ1) is 16.0. The van der Waals surface area contributed by atoms with Gasteiger partial charge in [-0.05, 0) is 19.1 Å². The number of rotatable bonds is 6. The molecule has 0 aliphatic rings. The van der Waals surface area contributed by atoms with E-state index in [-0.39, 0.29) is 11.7 Å². The van der Waals surface area contributed by atoms with Crippen LogP contribution in [0.4, 0.5) is 0 Å². The molecule has 0 spiro atoms. The molecule has 6 heteroatoms. The Labute approximate surface area is 139 Å². The lowest BCUT2D eigenvalue weighted by molar-refractivity contribution is 0.0917. The van der Waals surface area contributed by atoms with Crippen LogP contribution in [0.25, 0.3) is 10.9 Å². The van der Waals surface area contributed by atoms with Crippen LogP contribution in [0.1, 0.15) is 29.1 Å². The number of aromatic nitrogens is 2. The molecule has 0 fully saturated rings. The first-order valence-corrected chi connectivity index (χ1v) is 7.90. The molecule has 3 aromatic rings. The fourth-order valence-electron chi connectivity index (χ4n) is 2.41. The Morgan fingerprint density at radius 2 is 2.12 bits per heavy atom. The molecule has 0 saturated carbocycles. The van der Waals surface area contributed by atoms with Crippen LogP contribution in [0, 0.1) is 6.92 Å². The number of hydrogen-bond donors (Lipinski definition) is 1. The predicted octanol–water partition coefficient (Wildman–Crippen LogP) is 2.90. The molecule has 0 bridgehead atoms. The second kappa shape index (κ2) is 7.12. The van der Waals surface area contributed by atoms with Gasteiger partial charge in [-0.15, -0.1) is 0 Å². The van der Waals surface area contributed by atoms with E-state index < -0.39 is 0 Å². The first-order valence-electron chi connectivity index (χ1n) is 7.90. The minimum absolute atomic E-state index is 0.263. The van der Waals surface area contributed by atoms with Crippen LogP contribution in [0.15, 0.2) is 40.9 Å². The summed E-state index contributed by atoms with van der Waals surface area (Å²) in [6, 6.07) is 9.63. The highest BCUT2D eigenvalue weighted by molar-refractivity contribution is 5.92. The zero-order valence-electron chi connectivity index (χ0n) is 13.7. The molecule has 24 heavy (non-hydrogen) atoms. The van der Waals surface area contributed by atoms with E-state index in [2.05, 4.69) is 15.3 Å². The van der Waals surface area contributed by atoms with Gasteiger partial charge in [-0.3, -0.25) is 9.78 Å². The van der Waals surface area contributed by atoms with Gasteiger partial charge in [0.15, 0.2) is 5.89 Å². The number of carbonyl (C=O) groups excluding carboxylic acids is 1. The van der Waals surface area contributed by atoms with Crippen molar-refractivity contribution >= 4 is 16.8 Å². The number of oxazole rings is 1. The molecule has 0 aliphatic carbocycles. The molecular weight excluding hydrogens is 306 g/mol. The number of ether oxygens (including phenoxy) is 1. The average molecular weight is 325 g/mol. The fourth-order valence-corrected chi connectivity index (χ4v) is 2.41. The van der Waals surface area contributed by atoms with Crippen molar-refractivity contribution in [2.75, 3.05) is 13.2 Å². The van der Waals surface area contributed by atoms with Crippen LogP contribution in [-0.2, 0) is 6.42 Å². The molecule has 3 rings (SSSR count). The van der Waals surface area contributed by atoms with Crippen molar-refractivity contribution in [1.82, 2.24) is 15.3 Å². The maximum atomic E-state index is 12.1. The fraction of sp³-hybridized carbons (Fsp3) is 0.278. The van der Waals surface area contributed by atoms with Crippen LogP contribution in [-0.4, -0.2) is 29.0 Å². The van der Waals surface area contributed by atoms with Crippen LogP contribution in [0.5, 0.6) is 5.75 Å². The molecule has 2 aromatic heterocycles. The van der Waals surface area contributed by atoms with Crippen LogP contribution in [0.2, 0.25) is 0 Å². The molecular formula is C18H19N3O3. The van der Waals surface area contributed by atoms with Crippen LogP contribution < -0.4 is 10.1 Å². The Morgan fingerprint density at radius 1 is 1.29 bits per heavy atom. The molecule has 1 amide bonds. The van der Waals surface area contributed by atoms with Gasteiger partial charge < -0.3 is 14.5 Å². The molecule has 2 heterocycles.